The SMILES string of the molecule is COc1ccc(CN=C(NCC(=O)N(C)C)NC2CCN(c3cccc(Cl)c3)C2)cc1. The Hall–Kier alpha value is -2.93. The quantitative estimate of drug-likeness (QED) is 0.508. The molecule has 31 heavy (non-hydrogen) atoms. The summed E-state index contributed by atoms with van der Waals surface area (Å²) in [5, 5.41) is 7.39. The fourth-order valence-corrected chi connectivity index (χ4v) is 3.53. The number of guanidine groups is 1. The Balaban J connectivity index is 1.64. The molecule has 8 heteroatoms. The Morgan fingerprint density at radius 2 is 2.03 bits per heavy atom. The van der Waals surface area contributed by atoms with E-state index in [2.05, 4.69) is 21.6 Å². The summed E-state index contributed by atoms with van der Waals surface area (Å²) in [5.41, 5.74) is 2.18. The van der Waals surface area contributed by atoms with E-state index in [0.717, 1.165) is 41.5 Å². The lowest BCUT2D eigenvalue weighted by atomic mass is 10.2. The van der Waals surface area contributed by atoms with Crippen molar-refractivity contribution in [3.8, 4) is 5.75 Å². The van der Waals surface area contributed by atoms with Gasteiger partial charge in [-0.1, -0.05) is 29.8 Å². The number of methoxy groups -OCH3 is 1. The van der Waals surface area contributed by atoms with Gasteiger partial charge in [0.2, 0.25) is 5.91 Å². The van der Waals surface area contributed by atoms with Crippen molar-refractivity contribution in [2.24, 2.45) is 4.99 Å². The highest BCUT2D eigenvalue weighted by molar-refractivity contribution is 6.30. The van der Waals surface area contributed by atoms with E-state index in [1.165, 1.54) is 0 Å². The molecule has 7 nitrogen and oxygen atoms in total. The van der Waals surface area contributed by atoms with Crippen LogP contribution in [-0.4, -0.2) is 63.6 Å². The first kappa shape index (κ1) is 22.7. The molecule has 0 bridgehead atoms. The van der Waals surface area contributed by atoms with Crippen LogP contribution in [0.4, 0.5) is 5.69 Å². The molecule has 0 spiro atoms. The zero-order chi connectivity index (χ0) is 22.2. The standard InChI is InChI=1S/C23H30ClN5O2/c1-28(2)22(30)15-26-23(25-14-17-7-9-21(31-3)10-8-17)27-19-11-12-29(16-19)20-6-4-5-18(24)13-20/h4-10,13,19H,11-12,14-16H2,1-3H3,(H2,25,26,27). The van der Waals surface area contributed by atoms with Crippen LogP contribution in [0.2, 0.25) is 5.02 Å². The van der Waals surface area contributed by atoms with Gasteiger partial charge in [0.25, 0.3) is 0 Å². The molecule has 2 aromatic carbocycles. The third kappa shape index (κ3) is 6.79. The summed E-state index contributed by atoms with van der Waals surface area (Å²) in [7, 11) is 5.13. The zero-order valence-electron chi connectivity index (χ0n) is 18.3. The number of ether oxygens (including phenoxy) is 1. The summed E-state index contributed by atoms with van der Waals surface area (Å²) in [6, 6.07) is 15.9. The van der Waals surface area contributed by atoms with Crippen LogP contribution in [0.5, 0.6) is 5.75 Å². The number of nitrogens with zero attached hydrogens (tertiary/aromatic N) is 3. The number of aliphatic imine (C=N–C) groups is 1. The number of carbonyl (C=O) groups excluding carboxylic acids is 1. The topological polar surface area (TPSA) is 69.2 Å². The maximum atomic E-state index is 12.0. The smallest absolute Gasteiger partial charge is 0.241 e. The lowest BCUT2D eigenvalue weighted by Gasteiger charge is -2.21. The lowest BCUT2D eigenvalue weighted by Crippen LogP contribution is -2.47. The molecule has 1 heterocycles. The van der Waals surface area contributed by atoms with E-state index in [4.69, 9.17) is 21.3 Å². The van der Waals surface area contributed by atoms with E-state index >= 15 is 0 Å². The average molecular weight is 444 g/mol. The van der Waals surface area contributed by atoms with Crippen molar-refractivity contribution in [3.05, 3.63) is 59.1 Å². The molecule has 2 aromatic rings. The lowest BCUT2D eigenvalue weighted by molar-refractivity contribution is -0.127. The summed E-state index contributed by atoms with van der Waals surface area (Å²) in [6.07, 6.45) is 0.970. The fourth-order valence-electron chi connectivity index (χ4n) is 3.35. The van der Waals surface area contributed by atoms with Gasteiger partial charge in [-0.15, -0.1) is 0 Å². The van der Waals surface area contributed by atoms with Crippen molar-refractivity contribution < 1.29 is 9.53 Å². The molecule has 2 N–H and O–H groups in total. The van der Waals surface area contributed by atoms with Gasteiger partial charge in [-0.2, -0.15) is 0 Å². The number of likely N-dealkylation sites (N-methyl/N-ethyl adjacent to an activating group) is 1. The second kappa shape index (κ2) is 10.9. The number of benzene rings is 2. The van der Waals surface area contributed by atoms with Crippen LogP contribution < -0.4 is 20.3 Å². The Morgan fingerprint density at radius 3 is 2.71 bits per heavy atom. The molecule has 1 fully saturated rings. The highest BCUT2D eigenvalue weighted by atomic mass is 35.5. The van der Waals surface area contributed by atoms with Crippen molar-refractivity contribution in [3.63, 3.8) is 0 Å². The number of carbonyl (C=O) groups is 1. The molecule has 1 amide bonds. The molecule has 3 rings (SSSR count). The number of halogens is 1. The van der Waals surface area contributed by atoms with E-state index in [1.807, 2.05) is 42.5 Å². The Bertz CT molecular complexity index is 901. The van der Waals surface area contributed by atoms with Crippen molar-refractivity contribution in [2.75, 3.05) is 45.7 Å². The summed E-state index contributed by atoms with van der Waals surface area (Å²) >= 11 is 6.14. The highest BCUT2D eigenvalue weighted by Crippen LogP contribution is 2.23. The van der Waals surface area contributed by atoms with Crippen LogP contribution >= 0.6 is 11.6 Å². The largest absolute Gasteiger partial charge is 0.497 e. The maximum absolute atomic E-state index is 12.0. The van der Waals surface area contributed by atoms with Gasteiger partial charge in [-0.05, 0) is 42.3 Å². The molecule has 0 radical (unpaired) electrons. The molecule has 0 aliphatic carbocycles. The van der Waals surface area contributed by atoms with Crippen molar-refractivity contribution in [1.82, 2.24) is 15.5 Å². The van der Waals surface area contributed by atoms with Crippen LogP contribution in [0.25, 0.3) is 0 Å². The average Bonchev–Trinajstić information content (AvgIpc) is 3.24. The van der Waals surface area contributed by atoms with E-state index in [-0.39, 0.29) is 18.5 Å². The van der Waals surface area contributed by atoms with E-state index in [0.29, 0.717) is 12.5 Å². The molecule has 1 unspecified atom stereocenters. The van der Waals surface area contributed by atoms with Crippen LogP contribution in [-0.2, 0) is 11.3 Å². The second-order valence-corrected chi connectivity index (χ2v) is 8.15. The number of hydrogen-bond donors (Lipinski definition) is 2. The third-order valence-corrected chi connectivity index (χ3v) is 5.42. The van der Waals surface area contributed by atoms with Gasteiger partial charge in [-0.25, -0.2) is 4.99 Å². The second-order valence-electron chi connectivity index (χ2n) is 7.71. The van der Waals surface area contributed by atoms with Gasteiger partial charge in [-0.3, -0.25) is 4.79 Å². The number of anilines is 1. The van der Waals surface area contributed by atoms with Crippen LogP contribution in [0, 0.1) is 0 Å². The van der Waals surface area contributed by atoms with Gasteiger partial charge in [0, 0.05) is 43.9 Å². The molecular formula is C23H30ClN5O2. The van der Waals surface area contributed by atoms with E-state index < -0.39 is 0 Å². The molecule has 0 aromatic heterocycles. The number of nitrogens with one attached hydrogen (secondary N) is 2. The summed E-state index contributed by atoms with van der Waals surface area (Å²) < 4.78 is 5.21. The van der Waals surface area contributed by atoms with Gasteiger partial charge in [0.15, 0.2) is 5.96 Å². The first-order chi connectivity index (χ1) is 14.9. The highest BCUT2D eigenvalue weighted by Gasteiger charge is 2.24. The van der Waals surface area contributed by atoms with Crippen LogP contribution in [0.1, 0.15) is 12.0 Å². The number of rotatable bonds is 7. The Labute approximate surface area is 189 Å². The fraction of sp³-hybridized carbons (Fsp3) is 0.391. The molecular weight excluding hydrogens is 414 g/mol. The summed E-state index contributed by atoms with van der Waals surface area (Å²) in [6.45, 7) is 2.46. The maximum Gasteiger partial charge on any atom is 0.241 e. The predicted octanol–water partition coefficient (Wildman–Crippen LogP) is 2.75. The van der Waals surface area contributed by atoms with Crippen molar-refractivity contribution in [2.45, 2.75) is 19.0 Å². The number of amides is 1. The molecule has 0 saturated carbocycles. The Morgan fingerprint density at radius 1 is 1.26 bits per heavy atom. The van der Waals surface area contributed by atoms with Gasteiger partial charge in [0.05, 0.1) is 20.2 Å². The van der Waals surface area contributed by atoms with Gasteiger partial charge < -0.3 is 25.2 Å². The molecule has 1 saturated heterocycles. The number of hydrogen-bond acceptors (Lipinski definition) is 4. The van der Waals surface area contributed by atoms with E-state index in [1.54, 1.807) is 26.1 Å². The molecule has 1 aliphatic rings. The van der Waals surface area contributed by atoms with Gasteiger partial charge >= 0.3 is 0 Å². The van der Waals surface area contributed by atoms with Gasteiger partial charge in [0.1, 0.15) is 5.75 Å². The third-order valence-electron chi connectivity index (χ3n) is 5.19. The van der Waals surface area contributed by atoms with Crippen molar-refractivity contribution >= 4 is 29.2 Å². The van der Waals surface area contributed by atoms with Crippen LogP contribution in [0.3, 0.4) is 0 Å². The normalized spacial score (nSPS) is 16.2. The summed E-state index contributed by atoms with van der Waals surface area (Å²) in [5.74, 6) is 1.43. The first-order valence-corrected chi connectivity index (χ1v) is 10.7. The summed E-state index contributed by atoms with van der Waals surface area (Å²) in [4.78, 5) is 20.6. The molecule has 1 atom stereocenters. The Kier molecular flexibility index (Phi) is 8.00. The monoisotopic (exact) mass is 443 g/mol. The minimum atomic E-state index is -0.00840. The minimum absolute atomic E-state index is 0.00840. The molecule has 1 aliphatic heterocycles. The molecule has 166 valence electrons. The van der Waals surface area contributed by atoms with Crippen LogP contribution in [0.15, 0.2) is 53.5 Å². The zero-order valence-corrected chi connectivity index (χ0v) is 19.0. The van der Waals surface area contributed by atoms with E-state index in [9.17, 15) is 4.79 Å². The van der Waals surface area contributed by atoms with Crippen molar-refractivity contribution in [1.29, 1.82) is 0 Å². The predicted molar refractivity (Wildman–Crippen MR) is 126 cm³/mol. The first-order valence-electron chi connectivity index (χ1n) is 10.3. The minimum Gasteiger partial charge on any atom is -0.497 e.